The summed E-state index contributed by atoms with van der Waals surface area (Å²) in [5.74, 6) is -0.764. The zero-order valence-electron chi connectivity index (χ0n) is 15.9. The largest absolute Gasteiger partial charge is 0.508 e. The van der Waals surface area contributed by atoms with Gasteiger partial charge in [-0.2, -0.15) is 0 Å². The number of phenols is 1. The Hall–Kier alpha value is -3.07. The van der Waals surface area contributed by atoms with Gasteiger partial charge in [0.15, 0.2) is 0 Å². The molecular weight excluding hydrogens is 348 g/mol. The second kappa shape index (κ2) is 9.75. The van der Waals surface area contributed by atoms with E-state index in [2.05, 4.69) is 12.1 Å². The van der Waals surface area contributed by atoms with Gasteiger partial charge >= 0.3 is 5.97 Å². The van der Waals surface area contributed by atoms with Crippen LogP contribution in [0.4, 0.5) is 0 Å². The summed E-state index contributed by atoms with van der Waals surface area (Å²) in [7, 11) is 0. The maximum Gasteiger partial charge on any atom is 0.306 e. The van der Waals surface area contributed by atoms with Gasteiger partial charge in [-0.05, 0) is 66.5 Å². The zero-order valence-corrected chi connectivity index (χ0v) is 15.9. The number of aryl methyl sites for hydroxylation is 2. The minimum Gasteiger partial charge on any atom is -0.508 e. The van der Waals surface area contributed by atoms with Gasteiger partial charge in [0.1, 0.15) is 5.75 Å². The van der Waals surface area contributed by atoms with E-state index in [0.717, 1.165) is 36.0 Å². The molecule has 3 aromatic rings. The summed E-state index contributed by atoms with van der Waals surface area (Å²) in [6.07, 6.45) is 3.91. The smallest absolute Gasteiger partial charge is 0.306 e. The highest BCUT2D eigenvalue weighted by molar-refractivity contribution is 5.70. The van der Waals surface area contributed by atoms with Crippen LogP contribution in [-0.4, -0.2) is 16.2 Å². The van der Waals surface area contributed by atoms with Gasteiger partial charge in [-0.15, -0.1) is 0 Å². The van der Waals surface area contributed by atoms with Crippen molar-refractivity contribution >= 4 is 5.97 Å². The average Bonchev–Trinajstić information content (AvgIpc) is 2.71. The fraction of sp³-hybridized carbons (Fsp3) is 0.240. The van der Waals surface area contributed by atoms with Crippen LogP contribution in [0.1, 0.15) is 30.4 Å². The van der Waals surface area contributed by atoms with Gasteiger partial charge in [0.25, 0.3) is 0 Å². The first-order valence-corrected chi connectivity index (χ1v) is 9.77. The van der Waals surface area contributed by atoms with Crippen LogP contribution in [0.25, 0.3) is 11.1 Å². The minimum absolute atomic E-state index is 0.251. The number of carboxylic acids is 1. The molecule has 2 N–H and O–H groups in total. The van der Waals surface area contributed by atoms with Crippen LogP contribution >= 0.6 is 0 Å². The van der Waals surface area contributed by atoms with Crippen LogP contribution in [0.5, 0.6) is 5.75 Å². The molecular formula is C25H26O3. The monoisotopic (exact) mass is 374 g/mol. The molecule has 0 radical (unpaired) electrons. The number of aromatic hydroxyl groups is 1. The van der Waals surface area contributed by atoms with Gasteiger partial charge in [-0.3, -0.25) is 4.79 Å². The van der Waals surface area contributed by atoms with Gasteiger partial charge in [0, 0.05) is 0 Å². The lowest BCUT2D eigenvalue weighted by molar-refractivity contribution is -0.142. The second-order valence-corrected chi connectivity index (χ2v) is 7.20. The van der Waals surface area contributed by atoms with Gasteiger partial charge in [-0.1, -0.05) is 66.7 Å². The van der Waals surface area contributed by atoms with E-state index < -0.39 is 5.97 Å². The number of carboxylic acid groups (broad SMARTS) is 1. The van der Waals surface area contributed by atoms with Crippen molar-refractivity contribution in [2.75, 3.05) is 0 Å². The molecule has 0 saturated heterocycles. The molecule has 0 saturated carbocycles. The summed E-state index contributed by atoms with van der Waals surface area (Å²) in [4.78, 5) is 11.6. The van der Waals surface area contributed by atoms with Crippen molar-refractivity contribution in [1.82, 2.24) is 0 Å². The number of carbonyl (C=O) groups is 1. The summed E-state index contributed by atoms with van der Waals surface area (Å²) in [5, 5.41) is 19.2. The van der Waals surface area contributed by atoms with Gasteiger partial charge in [0.05, 0.1) is 5.92 Å². The van der Waals surface area contributed by atoms with Crippen LogP contribution in [0.15, 0.2) is 78.9 Å². The SMILES string of the molecule is O=C(O)C(CCCc1ccccc1)CCc1ccc(-c2cccc(O)c2)cc1. The van der Waals surface area contributed by atoms with Gasteiger partial charge in [0.2, 0.25) is 0 Å². The first-order valence-electron chi connectivity index (χ1n) is 9.77. The number of rotatable bonds is 9. The standard InChI is InChI=1S/C25H26O3/c26-24-11-5-10-23(18-24)21-15-12-20(13-16-21)14-17-22(25(27)28)9-4-8-19-6-2-1-3-7-19/h1-3,5-7,10-13,15-16,18,22,26H,4,8-9,14,17H2,(H,27,28). The molecule has 0 bridgehead atoms. The Morgan fingerprint density at radius 3 is 2.14 bits per heavy atom. The van der Waals surface area contributed by atoms with E-state index >= 15 is 0 Å². The molecule has 0 aliphatic heterocycles. The summed E-state index contributed by atoms with van der Waals surface area (Å²) < 4.78 is 0. The predicted octanol–water partition coefficient (Wildman–Crippen LogP) is 5.72. The Morgan fingerprint density at radius 1 is 0.750 bits per heavy atom. The topological polar surface area (TPSA) is 57.5 Å². The lowest BCUT2D eigenvalue weighted by atomic mass is 9.93. The van der Waals surface area contributed by atoms with Crippen molar-refractivity contribution in [3.8, 4) is 16.9 Å². The van der Waals surface area contributed by atoms with E-state index in [1.807, 2.05) is 54.6 Å². The highest BCUT2D eigenvalue weighted by Gasteiger charge is 2.17. The third kappa shape index (κ3) is 5.71. The lowest BCUT2D eigenvalue weighted by Gasteiger charge is -2.13. The number of phenolic OH excluding ortho intramolecular Hbond substituents is 1. The van der Waals surface area contributed by atoms with Crippen molar-refractivity contribution in [3.05, 3.63) is 90.0 Å². The Labute approximate surface area is 166 Å². The molecule has 3 rings (SSSR count). The first kappa shape index (κ1) is 19.7. The number of aliphatic carboxylic acids is 1. The van der Waals surface area contributed by atoms with Crippen LogP contribution in [0.2, 0.25) is 0 Å². The second-order valence-electron chi connectivity index (χ2n) is 7.20. The number of hydrogen-bond acceptors (Lipinski definition) is 2. The average molecular weight is 374 g/mol. The molecule has 144 valence electrons. The van der Waals surface area contributed by atoms with Crippen molar-refractivity contribution < 1.29 is 15.0 Å². The van der Waals surface area contributed by atoms with Crippen LogP contribution in [-0.2, 0) is 17.6 Å². The molecule has 0 aliphatic carbocycles. The molecule has 0 aromatic heterocycles. The summed E-state index contributed by atoms with van der Waals surface area (Å²) in [6.45, 7) is 0. The quantitative estimate of drug-likeness (QED) is 0.504. The third-order valence-electron chi connectivity index (χ3n) is 5.13. The van der Waals surface area contributed by atoms with E-state index in [1.54, 1.807) is 12.1 Å². The Balaban J connectivity index is 1.52. The Morgan fingerprint density at radius 2 is 1.46 bits per heavy atom. The van der Waals surface area contributed by atoms with Crippen LogP contribution in [0.3, 0.4) is 0 Å². The molecule has 28 heavy (non-hydrogen) atoms. The minimum atomic E-state index is -0.704. The van der Waals surface area contributed by atoms with Crippen molar-refractivity contribution in [2.45, 2.75) is 32.1 Å². The summed E-state index contributed by atoms with van der Waals surface area (Å²) >= 11 is 0. The van der Waals surface area contributed by atoms with Crippen LogP contribution in [0, 0.1) is 5.92 Å². The van der Waals surface area contributed by atoms with E-state index in [1.165, 1.54) is 5.56 Å². The third-order valence-corrected chi connectivity index (χ3v) is 5.13. The maximum absolute atomic E-state index is 11.6. The van der Waals surface area contributed by atoms with E-state index in [4.69, 9.17) is 0 Å². The van der Waals surface area contributed by atoms with E-state index in [-0.39, 0.29) is 11.7 Å². The maximum atomic E-state index is 11.6. The van der Waals surface area contributed by atoms with Crippen LogP contribution < -0.4 is 0 Å². The van der Waals surface area contributed by atoms with Gasteiger partial charge in [-0.25, -0.2) is 0 Å². The highest BCUT2D eigenvalue weighted by Crippen LogP contribution is 2.24. The molecule has 3 aromatic carbocycles. The number of benzene rings is 3. The normalized spacial score (nSPS) is 11.9. The fourth-order valence-corrected chi connectivity index (χ4v) is 3.48. The number of hydrogen-bond donors (Lipinski definition) is 2. The first-order chi connectivity index (χ1) is 13.6. The van der Waals surface area contributed by atoms with E-state index in [0.29, 0.717) is 12.8 Å². The highest BCUT2D eigenvalue weighted by atomic mass is 16.4. The van der Waals surface area contributed by atoms with Crippen molar-refractivity contribution in [2.24, 2.45) is 5.92 Å². The zero-order chi connectivity index (χ0) is 19.8. The lowest BCUT2D eigenvalue weighted by Crippen LogP contribution is -2.15. The Bertz CT molecular complexity index is 885. The van der Waals surface area contributed by atoms with Crippen molar-refractivity contribution in [3.63, 3.8) is 0 Å². The Kier molecular flexibility index (Phi) is 6.85. The molecule has 0 spiro atoms. The molecule has 1 atom stereocenters. The molecule has 3 nitrogen and oxygen atoms in total. The van der Waals surface area contributed by atoms with E-state index in [9.17, 15) is 15.0 Å². The predicted molar refractivity (Wildman–Crippen MR) is 112 cm³/mol. The fourth-order valence-electron chi connectivity index (χ4n) is 3.48. The molecule has 1 unspecified atom stereocenters. The van der Waals surface area contributed by atoms with Crippen molar-refractivity contribution in [1.29, 1.82) is 0 Å². The summed E-state index contributed by atoms with van der Waals surface area (Å²) in [5.41, 5.74) is 4.40. The molecule has 0 heterocycles. The molecule has 0 amide bonds. The molecule has 0 fully saturated rings. The van der Waals surface area contributed by atoms with Gasteiger partial charge < -0.3 is 10.2 Å². The molecule has 3 heteroatoms. The molecule has 0 aliphatic rings. The summed E-state index contributed by atoms with van der Waals surface area (Å²) in [6, 6.07) is 25.5.